The molecule has 1 amide bonds. The zero-order valence-electron chi connectivity index (χ0n) is 10.5. The lowest BCUT2D eigenvalue weighted by molar-refractivity contribution is 0.102. The summed E-state index contributed by atoms with van der Waals surface area (Å²) in [7, 11) is 1.39. The van der Waals surface area contributed by atoms with Crippen LogP contribution in [0, 0.1) is 11.6 Å². The van der Waals surface area contributed by atoms with Crippen molar-refractivity contribution in [2.24, 2.45) is 0 Å². The van der Waals surface area contributed by atoms with Crippen LogP contribution in [0.5, 0.6) is 11.5 Å². The predicted molar refractivity (Wildman–Crippen MR) is 69.0 cm³/mol. The van der Waals surface area contributed by atoms with Crippen LogP contribution in [0.2, 0.25) is 0 Å². The van der Waals surface area contributed by atoms with Crippen molar-refractivity contribution in [1.29, 1.82) is 0 Å². The summed E-state index contributed by atoms with van der Waals surface area (Å²) in [5.41, 5.74) is 0.275. The maximum absolute atomic E-state index is 13.0. The van der Waals surface area contributed by atoms with Gasteiger partial charge in [0.25, 0.3) is 5.91 Å². The molecule has 2 rings (SSSR count). The Morgan fingerprint density at radius 3 is 2.50 bits per heavy atom. The normalized spacial score (nSPS) is 10.2. The van der Waals surface area contributed by atoms with E-state index in [0.29, 0.717) is 0 Å². The summed E-state index contributed by atoms with van der Waals surface area (Å²) in [6.07, 6.45) is 0. The van der Waals surface area contributed by atoms with Crippen LogP contribution >= 0.6 is 0 Å². The second-order valence-corrected chi connectivity index (χ2v) is 3.97. The Kier molecular flexibility index (Phi) is 3.84. The number of halogens is 2. The average Bonchev–Trinajstić information content (AvgIpc) is 2.42. The number of phenols is 1. The third kappa shape index (κ3) is 2.85. The van der Waals surface area contributed by atoms with Crippen molar-refractivity contribution in [2.75, 3.05) is 12.4 Å². The Balaban J connectivity index is 2.19. The van der Waals surface area contributed by atoms with Gasteiger partial charge in [0, 0.05) is 17.3 Å². The first-order valence-electron chi connectivity index (χ1n) is 5.64. The van der Waals surface area contributed by atoms with Gasteiger partial charge in [0.05, 0.1) is 7.11 Å². The zero-order chi connectivity index (χ0) is 14.7. The van der Waals surface area contributed by atoms with Crippen LogP contribution in [-0.2, 0) is 0 Å². The Bertz CT molecular complexity index is 659. The smallest absolute Gasteiger partial charge is 0.255 e. The number of rotatable bonds is 3. The van der Waals surface area contributed by atoms with Crippen molar-refractivity contribution in [3.05, 3.63) is 53.6 Å². The van der Waals surface area contributed by atoms with E-state index >= 15 is 0 Å². The maximum atomic E-state index is 13.0. The van der Waals surface area contributed by atoms with Gasteiger partial charge in [-0.15, -0.1) is 0 Å². The monoisotopic (exact) mass is 279 g/mol. The molecule has 0 heterocycles. The minimum absolute atomic E-state index is 0.115. The predicted octanol–water partition coefficient (Wildman–Crippen LogP) is 2.93. The van der Waals surface area contributed by atoms with Gasteiger partial charge >= 0.3 is 0 Å². The molecule has 0 spiro atoms. The average molecular weight is 279 g/mol. The van der Waals surface area contributed by atoms with Gasteiger partial charge in [-0.3, -0.25) is 4.79 Å². The number of ether oxygens (including phenoxy) is 1. The lowest BCUT2D eigenvalue weighted by Gasteiger charge is -2.08. The molecule has 104 valence electrons. The van der Waals surface area contributed by atoms with Gasteiger partial charge < -0.3 is 15.2 Å². The highest BCUT2D eigenvalue weighted by Gasteiger charge is 2.11. The molecule has 0 atom stereocenters. The van der Waals surface area contributed by atoms with Gasteiger partial charge in [-0.2, -0.15) is 0 Å². The van der Waals surface area contributed by atoms with Crippen LogP contribution in [0.4, 0.5) is 14.5 Å². The minimum Gasteiger partial charge on any atom is -0.504 e. The Labute approximate surface area is 113 Å². The van der Waals surface area contributed by atoms with E-state index in [-0.39, 0.29) is 22.7 Å². The number of anilines is 1. The van der Waals surface area contributed by atoms with Crippen LogP contribution in [0.25, 0.3) is 0 Å². The third-order valence-electron chi connectivity index (χ3n) is 2.62. The summed E-state index contributed by atoms with van der Waals surface area (Å²) >= 11 is 0. The zero-order valence-corrected chi connectivity index (χ0v) is 10.5. The molecule has 0 bridgehead atoms. The fraction of sp³-hybridized carbons (Fsp3) is 0.0714. The van der Waals surface area contributed by atoms with Gasteiger partial charge in [-0.05, 0) is 30.3 Å². The lowest BCUT2D eigenvalue weighted by atomic mass is 10.2. The van der Waals surface area contributed by atoms with E-state index in [0.717, 1.165) is 12.1 Å². The second-order valence-electron chi connectivity index (χ2n) is 3.97. The maximum Gasteiger partial charge on any atom is 0.255 e. The van der Waals surface area contributed by atoms with Crippen molar-refractivity contribution < 1.29 is 23.4 Å². The van der Waals surface area contributed by atoms with Crippen molar-refractivity contribution >= 4 is 11.6 Å². The lowest BCUT2D eigenvalue weighted by Crippen LogP contribution is -2.12. The highest BCUT2D eigenvalue weighted by Crippen LogP contribution is 2.26. The van der Waals surface area contributed by atoms with Crippen molar-refractivity contribution in [3.8, 4) is 11.5 Å². The molecule has 2 aromatic rings. The Morgan fingerprint density at radius 2 is 1.90 bits per heavy atom. The number of nitrogens with one attached hydrogen (secondary N) is 1. The number of amides is 1. The minimum atomic E-state index is -1.06. The summed E-state index contributed by atoms with van der Waals surface area (Å²) in [6, 6.07) is 7.10. The number of benzene rings is 2. The highest BCUT2D eigenvalue weighted by molar-refractivity contribution is 6.04. The van der Waals surface area contributed by atoms with Crippen LogP contribution in [0.3, 0.4) is 0 Å². The molecule has 0 aliphatic heterocycles. The van der Waals surface area contributed by atoms with E-state index in [1.54, 1.807) is 0 Å². The fourth-order valence-electron chi connectivity index (χ4n) is 1.61. The molecule has 2 aromatic carbocycles. The van der Waals surface area contributed by atoms with Crippen LogP contribution < -0.4 is 10.1 Å². The summed E-state index contributed by atoms with van der Waals surface area (Å²) < 4.78 is 30.6. The molecule has 0 saturated heterocycles. The van der Waals surface area contributed by atoms with Gasteiger partial charge in [0.15, 0.2) is 23.1 Å². The molecule has 0 unspecified atom stereocenters. The number of aromatic hydroxyl groups is 1. The number of carbonyl (C=O) groups excluding carboxylic acids is 1. The number of hydrogen-bond donors (Lipinski definition) is 2. The largest absolute Gasteiger partial charge is 0.504 e. The van der Waals surface area contributed by atoms with Gasteiger partial charge in [-0.1, -0.05) is 0 Å². The van der Waals surface area contributed by atoms with E-state index in [4.69, 9.17) is 4.74 Å². The summed E-state index contributed by atoms with van der Waals surface area (Å²) in [6.45, 7) is 0. The molecule has 0 aromatic heterocycles. The Hall–Kier alpha value is -2.63. The molecular formula is C14H11F2NO3. The molecule has 0 aliphatic rings. The summed E-state index contributed by atoms with van der Waals surface area (Å²) in [5, 5.41) is 12.0. The number of phenolic OH excluding ortho intramolecular Hbond substituents is 1. The molecule has 2 N–H and O–H groups in total. The molecular weight excluding hydrogens is 268 g/mol. The van der Waals surface area contributed by atoms with Crippen molar-refractivity contribution in [3.63, 3.8) is 0 Å². The van der Waals surface area contributed by atoms with Crippen molar-refractivity contribution in [2.45, 2.75) is 0 Å². The SMILES string of the molecule is COc1ccc(C(=O)Nc2ccc(F)c(F)c2)cc1O. The van der Waals surface area contributed by atoms with Crippen molar-refractivity contribution in [1.82, 2.24) is 0 Å². The van der Waals surface area contributed by atoms with Crippen LogP contribution in [-0.4, -0.2) is 18.1 Å². The topological polar surface area (TPSA) is 58.6 Å². The second kappa shape index (κ2) is 5.56. The summed E-state index contributed by atoms with van der Waals surface area (Å²) in [4.78, 5) is 11.9. The quantitative estimate of drug-likeness (QED) is 0.908. The molecule has 20 heavy (non-hydrogen) atoms. The van der Waals surface area contributed by atoms with E-state index in [9.17, 15) is 18.7 Å². The van der Waals surface area contributed by atoms with E-state index in [1.807, 2.05) is 0 Å². The first kappa shape index (κ1) is 13.8. The molecule has 0 saturated carbocycles. The van der Waals surface area contributed by atoms with E-state index in [1.165, 1.54) is 31.4 Å². The first-order chi connectivity index (χ1) is 9.51. The van der Waals surface area contributed by atoms with Gasteiger partial charge in [-0.25, -0.2) is 8.78 Å². The number of hydrogen-bond acceptors (Lipinski definition) is 3. The molecule has 4 nitrogen and oxygen atoms in total. The first-order valence-corrected chi connectivity index (χ1v) is 5.64. The number of methoxy groups -OCH3 is 1. The van der Waals surface area contributed by atoms with Crippen LogP contribution in [0.1, 0.15) is 10.4 Å². The van der Waals surface area contributed by atoms with Gasteiger partial charge in [0.2, 0.25) is 0 Å². The van der Waals surface area contributed by atoms with Gasteiger partial charge in [0.1, 0.15) is 0 Å². The standard InChI is InChI=1S/C14H11F2NO3/c1-20-13-5-2-8(6-12(13)18)14(19)17-9-3-4-10(15)11(16)7-9/h2-7,18H,1H3,(H,17,19). The number of carbonyl (C=O) groups is 1. The molecule has 0 radical (unpaired) electrons. The summed E-state index contributed by atoms with van der Waals surface area (Å²) in [5.74, 6) is -2.57. The van der Waals surface area contributed by atoms with E-state index < -0.39 is 17.5 Å². The highest BCUT2D eigenvalue weighted by atomic mass is 19.2. The molecule has 6 heteroatoms. The third-order valence-corrected chi connectivity index (χ3v) is 2.62. The Morgan fingerprint density at radius 1 is 1.15 bits per heavy atom. The molecule has 0 fully saturated rings. The molecule has 0 aliphatic carbocycles. The fourth-order valence-corrected chi connectivity index (χ4v) is 1.61. The van der Waals surface area contributed by atoms with E-state index in [2.05, 4.69) is 5.32 Å². The van der Waals surface area contributed by atoms with Crippen LogP contribution in [0.15, 0.2) is 36.4 Å².